The third-order valence-corrected chi connectivity index (χ3v) is 3.70. The van der Waals surface area contributed by atoms with E-state index >= 15 is 0 Å². The Morgan fingerprint density at radius 1 is 0.682 bits per heavy atom. The van der Waals surface area contributed by atoms with Crippen LogP contribution in [0.2, 0.25) is 0 Å². The van der Waals surface area contributed by atoms with E-state index in [9.17, 15) is 5.11 Å². The number of hydrogen-bond donors (Lipinski definition) is 3. The van der Waals surface area contributed by atoms with Crippen LogP contribution in [0.25, 0.3) is 0 Å². The van der Waals surface area contributed by atoms with Gasteiger partial charge in [-0.15, -0.1) is 0 Å². The number of aliphatic hydroxyl groups is 3. The second kappa shape index (κ2) is 9.74. The molecular formula is C14H26O8. The summed E-state index contributed by atoms with van der Waals surface area (Å²) >= 11 is 0. The van der Waals surface area contributed by atoms with Crippen LogP contribution < -0.4 is 0 Å². The number of aliphatic hydroxyl groups excluding tert-OH is 3. The molecule has 0 spiro atoms. The Kier molecular flexibility index (Phi) is 7.98. The lowest BCUT2D eigenvalue weighted by Crippen LogP contribution is -2.28. The Balaban J connectivity index is 0.000000124. The van der Waals surface area contributed by atoms with Crippen LogP contribution in [0.3, 0.4) is 0 Å². The Labute approximate surface area is 129 Å². The van der Waals surface area contributed by atoms with Crippen LogP contribution in [-0.4, -0.2) is 86.4 Å². The predicted octanol–water partition coefficient (Wildman–Crippen LogP) is -1.14. The van der Waals surface area contributed by atoms with Gasteiger partial charge in [0.2, 0.25) is 0 Å². The van der Waals surface area contributed by atoms with E-state index in [2.05, 4.69) is 0 Å². The minimum Gasteiger partial charge on any atom is -0.391 e. The highest BCUT2D eigenvalue weighted by Gasteiger charge is 2.40. The van der Waals surface area contributed by atoms with Gasteiger partial charge < -0.3 is 39.0 Å². The molecule has 3 N–H and O–H groups in total. The van der Waals surface area contributed by atoms with E-state index in [0.717, 1.165) is 26.1 Å². The van der Waals surface area contributed by atoms with Gasteiger partial charge in [0.1, 0.15) is 12.9 Å². The van der Waals surface area contributed by atoms with Gasteiger partial charge in [-0.2, -0.15) is 0 Å². The van der Waals surface area contributed by atoms with Crippen molar-refractivity contribution < 1.29 is 39.0 Å². The summed E-state index contributed by atoms with van der Waals surface area (Å²) < 4.78 is 24.5. The smallest absolute Gasteiger partial charge is 0.163 e. The molecular weight excluding hydrogens is 296 g/mol. The van der Waals surface area contributed by atoms with Gasteiger partial charge in [-0.3, -0.25) is 0 Å². The molecule has 4 rings (SSSR count). The molecule has 130 valence electrons. The SMILES string of the molecule is OC1CCOC1.OC1COCOC1.O[C@H]1CO[C@H]2OCC[C@H]21. The van der Waals surface area contributed by atoms with Gasteiger partial charge in [-0.1, -0.05) is 0 Å². The lowest BCUT2D eigenvalue weighted by molar-refractivity contribution is -0.150. The summed E-state index contributed by atoms with van der Waals surface area (Å²) in [6, 6.07) is 0. The summed E-state index contributed by atoms with van der Waals surface area (Å²) in [5, 5.41) is 26.5. The van der Waals surface area contributed by atoms with Gasteiger partial charge in [0.25, 0.3) is 0 Å². The summed E-state index contributed by atoms with van der Waals surface area (Å²) in [6.45, 7) is 3.64. The van der Waals surface area contributed by atoms with Crippen LogP contribution in [0, 0.1) is 5.92 Å². The van der Waals surface area contributed by atoms with E-state index in [1.165, 1.54) is 0 Å². The zero-order valence-corrected chi connectivity index (χ0v) is 12.6. The molecule has 4 aliphatic rings. The van der Waals surface area contributed by atoms with Crippen LogP contribution in [-0.2, 0) is 23.7 Å². The predicted molar refractivity (Wildman–Crippen MR) is 74.0 cm³/mol. The first kappa shape index (κ1) is 18.0. The maximum Gasteiger partial charge on any atom is 0.163 e. The van der Waals surface area contributed by atoms with Crippen molar-refractivity contribution in [3.63, 3.8) is 0 Å². The average Bonchev–Trinajstić information content (AvgIpc) is 3.23. The van der Waals surface area contributed by atoms with Crippen molar-refractivity contribution >= 4 is 0 Å². The highest BCUT2D eigenvalue weighted by atomic mass is 16.7. The molecule has 0 bridgehead atoms. The van der Waals surface area contributed by atoms with Crippen molar-refractivity contribution in [3.05, 3.63) is 0 Å². The molecule has 4 saturated heterocycles. The highest BCUT2D eigenvalue weighted by molar-refractivity contribution is 4.81. The Hall–Kier alpha value is -0.320. The van der Waals surface area contributed by atoms with Crippen molar-refractivity contribution in [1.29, 1.82) is 0 Å². The van der Waals surface area contributed by atoms with E-state index in [1.54, 1.807) is 0 Å². The summed E-state index contributed by atoms with van der Waals surface area (Å²) in [6.07, 6.45) is 0.808. The van der Waals surface area contributed by atoms with E-state index in [4.69, 9.17) is 33.9 Å². The first-order valence-corrected chi connectivity index (χ1v) is 7.67. The maximum absolute atomic E-state index is 9.19. The Morgan fingerprint density at radius 2 is 1.41 bits per heavy atom. The third kappa shape index (κ3) is 6.05. The fourth-order valence-electron chi connectivity index (χ4n) is 2.44. The molecule has 4 atom stereocenters. The van der Waals surface area contributed by atoms with E-state index in [-0.39, 0.29) is 24.4 Å². The average molecular weight is 322 g/mol. The first-order valence-electron chi connectivity index (χ1n) is 7.67. The molecule has 0 saturated carbocycles. The number of ether oxygens (including phenoxy) is 5. The summed E-state index contributed by atoms with van der Waals surface area (Å²) in [7, 11) is 0. The minimum absolute atomic E-state index is 0.0972. The molecule has 4 heterocycles. The van der Waals surface area contributed by atoms with Gasteiger partial charge in [0, 0.05) is 12.5 Å². The van der Waals surface area contributed by atoms with Crippen molar-refractivity contribution in [2.45, 2.75) is 37.4 Å². The van der Waals surface area contributed by atoms with Crippen LogP contribution in [0.1, 0.15) is 12.8 Å². The Bertz CT molecular complexity index is 291. The molecule has 22 heavy (non-hydrogen) atoms. The zero-order chi connectivity index (χ0) is 15.8. The van der Waals surface area contributed by atoms with Gasteiger partial charge in [0.05, 0.1) is 45.2 Å². The van der Waals surface area contributed by atoms with Crippen LogP contribution in [0.4, 0.5) is 0 Å². The fraction of sp³-hybridized carbons (Fsp3) is 1.00. The van der Waals surface area contributed by atoms with E-state index in [1.807, 2.05) is 0 Å². The van der Waals surface area contributed by atoms with Gasteiger partial charge in [0.15, 0.2) is 6.29 Å². The molecule has 4 fully saturated rings. The summed E-state index contributed by atoms with van der Waals surface area (Å²) in [4.78, 5) is 0. The first-order chi connectivity index (χ1) is 10.7. The monoisotopic (exact) mass is 322 g/mol. The molecule has 0 amide bonds. The molecule has 8 heteroatoms. The van der Waals surface area contributed by atoms with E-state index in [0.29, 0.717) is 33.2 Å². The van der Waals surface area contributed by atoms with Crippen LogP contribution >= 0.6 is 0 Å². The summed E-state index contributed by atoms with van der Waals surface area (Å²) in [5.41, 5.74) is 0. The second-order valence-corrected chi connectivity index (χ2v) is 5.62. The number of hydrogen-bond acceptors (Lipinski definition) is 8. The van der Waals surface area contributed by atoms with Gasteiger partial charge in [-0.25, -0.2) is 0 Å². The molecule has 0 aromatic heterocycles. The standard InChI is InChI=1S/C6H10O3.C4H8O3.C4H8O2/c7-5-3-9-6-4(5)1-2-8-6;5-4-1-6-3-7-2-4;5-4-1-2-6-3-4/h4-7H,1-3H2;4-5H,1-3H2;4-5H,1-3H2/t4-,5-,6+;;/m0../s1. The maximum atomic E-state index is 9.19. The quantitative estimate of drug-likeness (QED) is 0.514. The topological polar surface area (TPSA) is 107 Å². The lowest BCUT2D eigenvalue weighted by atomic mass is 10.0. The molecule has 0 aromatic rings. The van der Waals surface area contributed by atoms with E-state index < -0.39 is 6.10 Å². The second-order valence-electron chi connectivity index (χ2n) is 5.62. The van der Waals surface area contributed by atoms with Crippen molar-refractivity contribution in [2.24, 2.45) is 5.92 Å². The molecule has 0 aromatic carbocycles. The normalized spacial score (nSPS) is 37.8. The van der Waals surface area contributed by atoms with Crippen LogP contribution in [0.5, 0.6) is 0 Å². The summed E-state index contributed by atoms with van der Waals surface area (Å²) in [5.74, 6) is 0.255. The molecule has 0 aliphatic carbocycles. The van der Waals surface area contributed by atoms with Crippen molar-refractivity contribution in [3.8, 4) is 0 Å². The highest BCUT2D eigenvalue weighted by Crippen LogP contribution is 2.30. The van der Waals surface area contributed by atoms with Gasteiger partial charge in [-0.05, 0) is 12.8 Å². The van der Waals surface area contributed by atoms with Crippen molar-refractivity contribution in [2.75, 3.05) is 46.4 Å². The van der Waals surface area contributed by atoms with Gasteiger partial charge >= 0.3 is 0 Å². The van der Waals surface area contributed by atoms with Crippen LogP contribution in [0.15, 0.2) is 0 Å². The van der Waals surface area contributed by atoms with Crippen molar-refractivity contribution in [1.82, 2.24) is 0 Å². The molecule has 4 aliphatic heterocycles. The number of rotatable bonds is 0. The molecule has 0 radical (unpaired) electrons. The molecule has 8 nitrogen and oxygen atoms in total. The fourth-order valence-corrected chi connectivity index (χ4v) is 2.44. The number of fused-ring (bicyclic) bond motifs is 1. The largest absolute Gasteiger partial charge is 0.391 e. The third-order valence-electron chi connectivity index (χ3n) is 3.70. The lowest BCUT2D eigenvalue weighted by Gasteiger charge is -2.16. The minimum atomic E-state index is -0.409. The Morgan fingerprint density at radius 3 is 1.86 bits per heavy atom. The zero-order valence-electron chi connectivity index (χ0n) is 12.6. The molecule has 1 unspecified atom stereocenters.